The zero-order valence-corrected chi connectivity index (χ0v) is 20.0. The fourth-order valence-corrected chi connectivity index (χ4v) is 3.55. The van der Waals surface area contributed by atoms with Crippen LogP contribution in [0.4, 0.5) is 11.4 Å². The number of nitro benzene ring substituents is 1. The minimum absolute atomic E-state index is 0.0278. The molecular weight excluding hydrogens is 493 g/mol. The maximum atomic E-state index is 12.7. The molecule has 0 radical (unpaired) electrons. The molecule has 0 aliphatic carbocycles. The molecule has 0 saturated heterocycles. The van der Waals surface area contributed by atoms with E-state index in [1.807, 2.05) is 24.3 Å². The number of amides is 1. The standard InChI is InChI=1S/C25H19Cl2N3O5/c1-2-34-23-13-16(12-20(27)24(23)35-15-17-7-3-4-8-19(17)26)11-18(14-28)25(31)29-21-9-5-6-10-22(21)30(32)33/h3-13H,2,15H2,1H3,(H,29,31)/b18-11-. The molecule has 0 saturated carbocycles. The number of anilines is 1. The first kappa shape index (κ1) is 25.6. The number of ether oxygens (including phenoxy) is 2. The van der Waals surface area contributed by atoms with Crippen molar-refractivity contribution in [1.82, 2.24) is 0 Å². The van der Waals surface area contributed by atoms with Gasteiger partial charge in [0, 0.05) is 16.7 Å². The van der Waals surface area contributed by atoms with Crippen molar-refractivity contribution in [1.29, 1.82) is 5.26 Å². The first-order valence-electron chi connectivity index (χ1n) is 10.3. The van der Waals surface area contributed by atoms with Gasteiger partial charge in [-0.15, -0.1) is 0 Å². The fourth-order valence-electron chi connectivity index (χ4n) is 3.08. The van der Waals surface area contributed by atoms with E-state index >= 15 is 0 Å². The number of benzene rings is 3. The van der Waals surface area contributed by atoms with E-state index in [0.29, 0.717) is 22.9 Å². The molecule has 35 heavy (non-hydrogen) atoms. The van der Waals surface area contributed by atoms with Crippen LogP contribution < -0.4 is 14.8 Å². The molecule has 8 nitrogen and oxygen atoms in total. The van der Waals surface area contributed by atoms with Gasteiger partial charge in [0.15, 0.2) is 11.5 Å². The summed E-state index contributed by atoms with van der Waals surface area (Å²) in [5, 5.41) is 23.9. The van der Waals surface area contributed by atoms with Crippen LogP contribution in [0.5, 0.6) is 11.5 Å². The summed E-state index contributed by atoms with van der Waals surface area (Å²) in [7, 11) is 0. The van der Waals surface area contributed by atoms with Crippen molar-refractivity contribution >= 4 is 46.6 Å². The number of hydrogen-bond donors (Lipinski definition) is 1. The number of nitrogens with one attached hydrogen (secondary N) is 1. The molecule has 178 valence electrons. The molecule has 0 aliphatic heterocycles. The van der Waals surface area contributed by atoms with E-state index < -0.39 is 10.8 Å². The van der Waals surface area contributed by atoms with Crippen molar-refractivity contribution in [2.24, 2.45) is 0 Å². The largest absolute Gasteiger partial charge is 0.490 e. The van der Waals surface area contributed by atoms with Gasteiger partial charge < -0.3 is 14.8 Å². The summed E-state index contributed by atoms with van der Waals surface area (Å²) in [4.78, 5) is 23.2. The Bertz CT molecular complexity index is 1330. The Balaban J connectivity index is 1.88. The maximum absolute atomic E-state index is 12.7. The highest BCUT2D eigenvalue weighted by molar-refractivity contribution is 6.32. The van der Waals surface area contributed by atoms with Gasteiger partial charge in [0.05, 0.1) is 16.6 Å². The average Bonchev–Trinajstić information content (AvgIpc) is 2.83. The van der Waals surface area contributed by atoms with E-state index in [2.05, 4.69) is 5.32 Å². The monoisotopic (exact) mass is 511 g/mol. The van der Waals surface area contributed by atoms with Crippen LogP contribution in [-0.2, 0) is 11.4 Å². The molecule has 0 spiro atoms. The zero-order valence-electron chi connectivity index (χ0n) is 18.5. The van der Waals surface area contributed by atoms with Gasteiger partial charge in [0.1, 0.15) is 23.9 Å². The van der Waals surface area contributed by atoms with Crippen molar-refractivity contribution < 1.29 is 19.2 Å². The molecule has 3 rings (SSSR count). The summed E-state index contributed by atoms with van der Waals surface area (Å²) >= 11 is 12.6. The molecule has 0 unspecified atom stereocenters. The van der Waals surface area contributed by atoms with Gasteiger partial charge in [0.2, 0.25) is 0 Å². The fraction of sp³-hybridized carbons (Fsp3) is 0.120. The molecule has 1 amide bonds. The van der Waals surface area contributed by atoms with Crippen molar-refractivity contribution in [3.8, 4) is 17.6 Å². The van der Waals surface area contributed by atoms with Crippen LogP contribution in [0.1, 0.15) is 18.1 Å². The van der Waals surface area contributed by atoms with Crippen molar-refractivity contribution in [3.63, 3.8) is 0 Å². The number of hydrogen-bond acceptors (Lipinski definition) is 6. The van der Waals surface area contributed by atoms with Crippen LogP contribution in [0, 0.1) is 21.4 Å². The number of nitrogens with zero attached hydrogens (tertiary/aromatic N) is 2. The summed E-state index contributed by atoms with van der Waals surface area (Å²) in [6.45, 7) is 2.25. The van der Waals surface area contributed by atoms with Crippen molar-refractivity contribution in [2.75, 3.05) is 11.9 Å². The normalized spacial score (nSPS) is 10.9. The van der Waals surface area contributed by atoms with Crippen molar-refractivity contribution in [2.45, 2.75) is 13.5 Å². The molecule has 10 heteroatoms. The highest BCUT2D eigenvalue weighted by atomic mass is 35.5. The molecule has 0 fully saturated rings. The van der Waals surface area contributed by atoms with Crippen molar-refractivity contribution in [3.05, 3.63) is 97.5 Å². The molecule has 0 aromatic heterocycles. The number of rotatable bonds is 9. The highest BCUT2D eigenvalue weighted by Gasteiger charge is 2.18. The molecule has 0 atom stereocenters. The van der Waals surface area contributed by atoms with E-state index in [0.717, 1.165) is 5.56 Å². The van der Waals surface area contributed by atoms with E-state index in [1.165, 1.54) is 36.4 Å². The molecule has 3 aromatic carbocycles. The van der Waals surface area contributed by atoms with Crippen LogP contribution in [0.2, 0.25) is 10.0 Å². The summed E-state index contributed by atoms with van der Waals surface area (Å²) in [5.74, 6) is -0.210. The van der Waals surface area contributed by atoms with E-state index in [1.54, 1.807) is 19.1 Å². The Labute approximate surface area is 211 Å². The van der Waals surface area contributed by atoms with Crippen LogP contribution >= 0.6 is 23.2 Å². The lowest BCUT2D eigenvalue weighted by molar-refractivity contribution is -0.383. The second-order valence-corrected chi connectivity index (χ2v) is 7.86. The third-order valence-electron chi connectivity index (χ3n) is 4.69. The summed E-state index contributed by atoms with van der Waals surface area (Å²) in [6, 6.07) is 17.7. The van der Waals surface area contributed by atoms with Gasteiger partial charge in [-0.25, -0.2) is 0 Å². The lowest BCUT2D eigenvalue weighted by atomic mass is 10.1. The quantitative estimate of drug-likeness (QED) is 0.153. The average molecular weight is 512 g/mol. The van der Waals surface area contributed by atoms with Crippen LogP contribution in [0.15, 0.2) is 66.2 Å². The smallest absolute Gasteiger partial charge is 0.292 e. The zero-order chi connectivity index (χ0) is 25.4. The number of nitro groups is 1. The van der Waals surface area contributed by atoms with E-state index in [-0.39, 0.29) is 34.3 Å². The molecule has 0 bridgehead atoms. The van der Waals surface area contributed by atoms with E-state index in [4.69, 9.17) is 32.7 Å². The number of carbonyl (C=O) groups is 1. The highest BCUT2D eigenvalue weighted by Crippen LogP contribution is 2.38. The van der Waals surface area contributed by atoms with Gasteiger partial charge >= 0.3 is 0 Å². The Morgan fingerprint density at radius 3 is 2.51 bits per heavy atom. The molecule has 0 aliphatic rings. The summed E-state index contributed by atoms with van der Waals surface area (Å²) in [5.41, 5.74) is 0.555. The minimum atomic E-state index is -0.810. The first-order valence-corrected chi connectivity index (χ1v) is 11.1. The third kappa shape index (κ3) is 6.51. The number of para-hydroxylation sites is 2. The number of carbonyl (C=O) groups excluding carboxylic acids is 1. The number of nitriles is 1. The Morgan fingerprint density at radius 2 is 1.83 bits per heavy atom. The summed E-state index contributed by atoms with van der Waals surface area (Å²) in [6.07, 6.45) is 1.30. The second-order valence-electron chi connectivity index (χ2n) is 7.04. The van der Waals surface area contributed by atoms with Gasteiger partial charge in [-0.05, 0) is 42.8 Å². The molecular formula is C25H19Cl2N3O5. The van der Waals surface area contributed by atoms with Gasteiger partial charge in [-0.1, -0.05) is 53.5 Å². The maximum Gasteiger partial charge on any atom is 0.292 e. The van der Waals surface area contributed by atoms with E-state index in [9.17, 15) is 20.2 Å². The first-order chi connectivity index (χ1) is 16.8. The predicted octanol–water partition coefficient (Wildman–Crippen LogP) is 6.42. The van der Waals surface area contributed by atoms with Gasteiger partial charge in [-0.3, -0.25) is 14.9 Å². The Hall–Kier alpha value is -4.06. The topological polar surface area (TPSA) is 114 Å². The van der Waals surface area contributed by atoms with Gasteiger partial charge in [0.25, 0.3) is 11.6 Å². The van der Waals surface area contributed by atoms with Gasteiger partial charge in [-0.2, -0.15) is 5.26 Å². The second kappa shape index (κ2) is 11.9. The number of halogens is 2. The Morgan fingerprint density at radius 1 is 1.11 bits per heavy atom. The Kier molecular flexibility index (Phi) is 8.68. The lowest BCUT2D eigenvalue weighted by Crippen LogP contribution is -2.14. The predicted molar refractivity (Wildman–Crippen MR) is 134 cm³/mol. The molecule has 0 heterocycles. The third-order valence-corrected chi connectivity index (χ3v) is 5.34. The van der Waals surface area contributed by atoms with Crippen LogP contribution in [0.3, 0.4) is 0 Å². The molecule has 1 N–H and O–H groups in total. The summed E-state index contributed by atoms with van der Waals surface area (Å²) < 4.78 is 11.5. The molecule has 3 aromatic rings. The van der Waals surface area contributed by atoms with Crippen LogP contribution in [-0.4, -0.2) is 17.4 Å². The lowest BCUT2D eigenvalue weighted by Gasteiger charge is -2.15. The SMILES string of the molecule is CCOc1cc(/C=C(/C#N)C(=O)Nc2ccccc2[N+](=O)[O-])cc(Cl)c1OCc1ccccc1Cl. The minimum Gasteiger partial charge on any atom is -0.490 e. The van der Waals surface area contributed by atoms with Crippen LogP contribution in [0.25, 0.3) is 6.08 Å².